The van der Waals surface area contributed by atoms with Gasteiger partial charge in [0, 0.05) is 38.3 Å². The van der Waals surface area contributed by atoms with E-state index in [1.165, 1.54) is 10.7 Å². The highest BCUT2D eigenvalue weighted by atomic mass is 35.5. The van der Waals surface area contributed by atoms with Crippen LogP contribution in [0.15, 0.2) is 18.3 Å². The molecule has 4 heterocycles. The Morgan fingerprint density at radius 3 is 2.77 bits per heavy atom. The second-order valence-corrected chi connectivity index (χ2v) is 9.59. The molecule has 0 unspecified atom stereocenters. The molecule has 12 heteroatoms. The summed E-state index contributed by atoms with van der Waals surface area (Å²) in [6, 6.07) is 8.14. The summed E-state index contributed by atoms with van der Waals surface area (Å²) in [6.07, 6.45) is 3.25. The van der Waals surface area contributed by atoms with Crippen molar-refractivity contribution < 1.29 is 4.39 Å². The molecule has 0 radical (unpaired) electrons. The van der Waals surface area contributed by atoms with Crippen molar-refractivity contribution in [3.05, 3.63) is 34.6 Å². The van der Waals surface area contributed by atoms with Crippen LogP contribution in [-0.4, -0.2) is 68.9 Å². The molecule has 3 aromatic rings. The highest BCUT2D eigenvalue weighted by Gasteiger charge is 2.37. The summed E-state index contributed by atoms with van der Waals surface area (Å²) in [5.74, 6) is 0.747. The molecule has 3 fully saturated rings. The minimum Gasteiger partial charge on any atom is -0.367 e. The molecular formula is C23H22ClFN10. The van der Waals surface area contributed by atoms with E-state index in [1.807, 2.05) is 0 Å². The molecule has 0 bridgehead atoms. The van der Waals surface area contributed by atoms with Gasteiger partial charge in [-0.1, -0.05) is 11.6 Å². The van der Waals surface area contributed by atoms with Crippen molar-refractivity contribution in [1.82, 2.24) is 24.5 Å². The molecule has 35 heavy (non-hydrogen) atoms. The minimum absolute atomic E-state index is 0.129. The van der Waals surface area contributed by atoms with E-state index < -0.39 is 6.17 Å². The van der Waals surface area contributed by atoms with Crippen LogP contribution in [0.3, 0.4) is 0 Å². The molecule has 6 rings (SSSR count). The Morgan fingerprint density at radius 1 is 1.14 bits per heavy atom. The fourth-order valence-corrected chi connectivity index (χ4v) is 5.12. The number of alkyl halides is 1. The summed E-state index contributed by atoms with van der Waals surface area (Å²) in [4.78, 5) is 13.2. The van der Waals surface area contributed by atoms with Crippen LogP contribution in [0.1, 0.15) is 30.5 Å². The van der Waals surface area contributed by atoms with Crippen LogP contribution in [0.4, 0.5) is 27.5 Å². The molecule has 2 atom stereocenters. The maximum absolute atomic E-state index is 13.9. The summed E-state index contributed by atoms with van der Waals surface area (Å²) in [5.41, 5.74) is 2.38. The van der Waals surface area contributed by atoms with Crippen molar-refractivity contribution in [3.8, 4) is 12.1 Å². The van der Waals surface area contributed by atoms with Crippen LogP contribution in [0.25, 0.3) is 5.65 Å². The molecule has 3 aliphatic rings. The summed E-state index contributed by atoms with van der Waals surface area (Å²) < 4.78 is 15.4. The predicted molar refractivity (Wildman–Crippen MR) is 129 cm³/mol. The smallest absolute Gasteiger partial charge is 0.247 e. The second kappa shape index (κ2) is 8.52. The number of nitriles is 2. The molecule has 2 saturated heterocycles. The van der Waals surface area contributed by atoms with E-state index in [-0.39, 0.29) is 17.7 Å². The molecule has 1 aliphatic carbocycles. The van der Waals surface area contributed by atoms with E-state index in [0.717, 1.165) is 19.4 Å². The fourth-order valence-electron chi connectivity index (χ4n) is 4.84. The molecule has 1 saturated carbocycles. The average molecular weight is 493 g/mol. The first kappa shape index (κ1) is 21.8. The molecular weight excluding hydrogens is 471 g/mol. The van der Waals surface area contributed by atoms with Crippen LogP contribution < -0.4 is 15.5 Å². The third kappa shape index (κ3) is 4.07. The third-order valence-corrected chi connectivity index (χ3v) is 7.13. The van der Waals surface area contributed by atoms with E-state index in [9.17, 15) is 14.9 Å². The molecule has 0 amide bonds. The lowest BCUT2D eigenvalue weighted by Gasteiger charge is -2.39. The van der Waals surface area contributed by atoms with Gasteiger partial charge in [-0.25, -0.2) is 9.37 Å². The normalized spacial score (nSPS) is 22.0. The second-order valence-electron chi connectivity index (χ2n) is 9.21. The van der Waals surface area contributed by atoms with Gasteiger partial charge in [0.1, 0.15) is 12.2 Å². The molecule has 10 nitrogen and oxygen atoms in total. The number of halogens is 2. The van der Waals surface area contributed by atoms with E-state index in [0.29, 0.717) is 65.5 Å². The van der Waals surface area contributed by atoms with Gasteiger partial charge in [-0.3, -0.25) is 4.90 Å². The number of rotatable bonds is 5. The number of hydrogen-bond donors (Lipinski definition) is 2. The van der Waals surface area contributed by atoms with E-state index in [1.54, 1.807) is 12.1 Å². The van der Waals surface area contributed by atoms with Gasteiger partial charge in [0.15, 0.2) is 17.2 Å². The molecule has 0 spiro atoms. The lowest BCUT2D eigenvalue weighted by atomic mass is 10.1. The van der Waals surface area contributed by atoms with Gasteiger partial charge >= 0.3 is 0 Å². The van der Waals surface area contributed by atoms with Crippen LogP contribution in [0, 0.1) is 22.7 Å². The summed E-state index contributed by atoms with van der Waals surface area (Å²) in [5, 5.41) is 30.5. The minimum atomic E-state index is -0.801. The monoisotopic (exact) mass is 492 g/mol. The molecule has 2 aromatic heterocycles. The number of benzene rings is 1. The molecule has 2 aliphatic heterocycles. The SMILES string of the molecule is N#Cc1cc(Nc2nc(NC3CC3)c3ncc(C#N)n3n2)c(Cl)c(N2CCN3C[C@H](F)C[C@@H]3C2)c1. The number of fused-ring (bicyclic) bond motifs is 2. The zero-order valence-corrected chi connectivity index (χ0v) is 19.5. The Bertz CT molecular complexity index is 1390. The van der Waals surface area contributed by atoms with Gasteiger partial charge in [0.25, 0.3) is 0 Å². The van der Waals surface area contributed by atoms with Crippen molar-refractivity contribution in [2.75, 3.05) is 41.7 Å². The average Bonchev–Trinajstić information content (AvgIpc) is 3.44. The fraction of sp³-hybridized carbons (Fsp3) is 0.435. The first-order valence-corrected chi connectivity index (χ1v) is 12.0. The Labute approximate surface area is 205 Å². The Hall–Kier alpha value is -3.67. The van der Waals surface area contributed by atoms with Crippen molar-refractivity contribution in [3.63, 3.8) is 0 Å². The molecule has 1 aromatic carbocycles. The van der Waals surface area contributed by atoms with Gasteiger partial charge in [-0.2, -0.15) is 20.0 Å². The molecule has 178 valence electrons. The van der Waals surface area contributed by atoms with Gasteiger partial charge in [0.2, 0.25) is 5.95 Å². The van der Waals surface area contributed by atoms with Crippen molar-refractivity contribution in [1.29, 1.82) is 10.5 Å². The largest absolute Gasteiger partial charge is 0.367 e. The zero-order chi connectivity index (χ0) is 24.1. The first-order chi connectivity index (χ1) is 17.0. The van der Waals surface area contributed by atoms with Crippen LogP contribution >= 0.6 is 11.6 Å². The lowest BCUT2D eigenvalue weighted by molar-refractivity contribution is 0.224. The van der Waals surface area contributed by atoms with Gasteiger partial charge < -0.3 is 15.5 Å². The van der Waals surface area contributed by atoms with Crippen LogP contribution in [-0.2, 0) is 0 Å². The Morgan fingerprint density at radius 2 is 2.00 bits per heavy atom. The van der Waals surface area contributed by atoms with Gasteiger partial charge in [-0.05, 0) is 31.4 Å². The number of nitrogens with zero attached hydrogens (tertiary/aromatic N) is 8. The standard InChI is InChI=1S/C23H22ClFN10/c24-20-18(5-13(8-26)6-19(20)34-4-3-33-11-14(25)7-16(33)12-34)30-23-31-21(29-15-1-2-15)22-28-10-17(9-27)35(22)32-23/h5-6,10,14-16H,1-4,7,11-12H2,(H2,29,30,31,32)/t14-,16-/m1/s1. The number of anilines is 4. The predicted octanol–water partition coefficient (Wildman–Crippen LogP) is 3.07. The molecule has 2 N–H and O–H groups in total. The lowest BCUT2D eigenvalue weighted by Crippen LogP contribution is -2.50. The van der Waals surface area contributed by atoms with Crippen LogP contribution in [0.2, 0.25) is 5.02 Å². The highest BCUT2D eigenvalue weighted by molar-refractivity contribution is 6.36. The van der Waals surface area contributed by atoms with Crippen molar-refractivity contribution >= 4 is 40.4 Å². The maximum atomic E-state index is 13.9. The van der Waals surface area contributed by atoms with Crippen molar-refractivity contribution in [2.45, 2.75) is 37.5 Å². The number of piperazine rings is 1. The number of imidazole rings is 1. The van der Waals surface area contributed by atoms with E-state index in [2.05, 4.69) is 47.6 Å². The Kier molecular flexibility index (Phi) is 5.32. The quantitative estimate of drug-likeness (QED) is 0.553. The van der Waals surface area contributed by atoms with Gasteiger partial charge in [0.05, 0.1) is 34.2 Å². The topological polar surface area (TPSA) is 121 Å². The first-order valence-electron chi connectivity index (χ1n) is 11.6. The van der Waals surface area contributed by atoms with Gasteiger partial charge in [-0.15, -0.1) is 5.10 Å². The highest BCUT2D eigenvalue weighted by Crippen LogP contribution is 2.38. The summed E-state index contributed by atoms with van der Waals surface area (Å²) in [7, 11) is 0. The van der Waals surface area contributed by atoms with E-state index in [4.69, 9.17) is 11.6 Å². The number of nitrogens with one attached hydrogen (secondary N) is 2. The number of aromatic nitrogens is 4. The number of hydrogen-bond acceptors (Lipinski definition) is 9. The van der Waals surface area contributed by atoms with Crippen LogP contribution in [0.5, 0.6) is 0 Å². The zero-order valence-electron chi connectivity index (χ0n) is 18.7. The maximum Gasteiger partial charge on any atom is 0.247 e. The van der Waals surface area contributed by atoms with E-state index >= 15 is 0 Å². The Balaban J connectivity index is 1.35. The summed E-state index contributed by atoms with van der Waals surface area (Å²) in [6.45, 7) is 2.56. The van der Waals surface area contributed by atoms with Crippen molar-refractivity contribution in [2.24, 2.45) is 0 Å². The summed E-state index contributed by atoms with van der Waals surface area (Å²) >= 11 is 6.84. The third-order valence-electron chi connectivity index (χ3n) is 6.73.